The van der Waals surface area contributed by atoms with E-state index in [9.17, 15) is 4.79 Å². The Bertz CT molecular complexity index is 904. The second-order valence-corrected chi connectivity index (χ2v) is 9.86. The van der Waals surface area contributed by atoms with E-state index >= 15 is 0 Å². The molecule has 6 nitrogen and oxygen atoms in total. The molecule has 0 atom stereocenters. The second kappa shape index (κ2) is 7.90. The van der Waals surface area contributed by atoms with Gasteiger partial charge in [-0.3, -0.25) is 14.8 Å². The van der Waals surface area contributed by atoms with Gasteiger partial charge in [0.15, 0.2) is 5.82 Å². The summed E-state index contributed by atoms with van der Waals surface area (Å²) in [6, 6.07) is 11.0. The molecule has 1 aliphatic heterocycles. The van der Waals surface area contributed by atoms with Crippen LogP contribution in [0.5, 0.6) is 0 Å². The third kappa shape index (κ3) is 3.41. The minimum Gasteiger partial charge on any atom is -0.317 e. The fourth-order valence-corrected chi connectivity index (χ4v) is 5.91. The van der Waals surface area contributed by atoms with Crippen LogP contribution in [-0.4, -0.2) is 58.5 Å². The number of nitrogens with zero attached hydrogens (tertiary/aromatic N) is 5. The third-order valence-electron chi connectivity index (χ3n) is 8.15. The monoisotopic (exact) mass is 419 g/mol. The average molecular weight is 420 g/mol. The Morgan fingerprint density at radius 3 is 2.39 bits per heavy atom. The molecule has 6 heteroatoms. The van der Waals surface area contributed by atoms with Crippen LogP contribution < -0.4 is 4.90 Å². The van der Waals surface area contributed by atoms with Gasteiger partial charge < -0.3 is 4.90 Å². The van der Waals surface area contributed by atoms with Crippen molar-refractivity contribution < 1.29 is 4.79 Å². The molecule has 0 unspecified atom stereocenters. The third-order valence-corrected chi connectivity index (χ3v) is 8.15. The molecule has 3 fully saturated rings. The molecule has 3 aliphatic rings. The number of carbonyl (C=O) groups excluding carboxylic acids is 1. The zero-order chi connectivity index (χ0) is 21.5. The topological polar surface area (TPSA) is 52.6 Å². The molecule has 5 rings (SSSR count). The average Bonchev–Trinajstić information content (AvgIpc) is 3.04. The number of rotatable bonds is 5. The maximum atomic E-state index is 13.6. The highest BCUT2D eigenvalue weighted by molar-refractivity contribution is 5.94. The molecule has 0 bridgehead atoms. The Morgan fingerprint density at radius 1 is 1.06 bits per heavy atom. The Hall–Kier alpha value is -2.47. The highest BCUT2D eigenvalue weighted by atomic mass is 16.2. The number of aromatic nitrogens is 2. The summed E-state index contributed by atoms with van der Waals surface area (Å²) in [4.78, 5) is 28.7. The van der Waals surface area contributed by atoms with Gasteiger partial charge >= 0.3 is 6.03 Å². The lowest BCUT2D eigenvalue weighted by Crippen LogP contribution is -2.56. The first-order valence-electron chi connectivity index (χ1n) is 11.6. The zero-order valence-corrected chi connectivity index (χ0v) is 18.7. The van der Waals surface area contributed by atoms with E-state index in [1.54, 1.807) is 18.6 Å². The van der Waals surface area contributed by atoms with Crippen molar-refractivity contribution in [2.75, 3.05) is 32.1 Å². The zero-order valence-electron chi connectivity index (χ0n) is 18.7. The van der Waals surface area contributed by atoms with Crippen molar-refractivity contribution >= 4 is 11.8 Å². The molecular formula is C25H33N5O. The van der Waals surface area contributed by atoms with Crippen molar-refractivity contribution in [2.45, 2.75) is 56.0 Å². The summed E-state index contributed by atoms with van der Waals surface area (Å²) < 4.78 is 0. The summed E-state index contributed by atoms with van der Waals surface area (Å²) in [6.07, 6.45) is 13.0. The number of anilines is 1. The van der Waals surface area contributed by atoms with Crippen LogP contribution in [0.25, 0.3) is 0 Å². The van der Waals surface area contributed by atoms with Crippen LogP contribution in [0.15, 0.2) is 48.9 Å². The van der Waals surface area contributed by atoms with Gasteiger partial charge in [0.25, 0.3) is 0 Å². The highest BCUT2D eigenvalue weighted by Crippen LogP contribution is 2.50. The minimum absolute atomic E-state index is 0.0255. The van der Waals surface area contributed by atoms with Gasteiger partial charge in [0, 0.05) is 24.5 Å². The lowest BCUT2D eigenvalue weighted by molar-refractivity contribution is 0.0172. The van der Waals surface area contributed by atoms with Crippen molar-refractivity contribution in [1.82, 2.24) is 19.8 Å². The lowest BCUT2D eigenvalue weighted by Gasteiger charge is -2.51. The number of amides is 2. The molecule has 0 radical (unpaired) electrons. The van der Waals surface area contributed by atoms with Gasteiger partial charge in [-0.2, -0.15) is 0 Å². The first-order chi connectivity index (χ1) is 15.0. The van der Waals surface area contributed by atoms with Gasteiger partial charge in [-0.15, -0.1) is 0 Å². The highest BCUT2D eigenvalue weighted by Gasteiger charge is 2.55. The number of carbonyl (C=O) groups is 1. The van der Waals surface area contributed by atoms with Crippen LogP contribution in [0.3, 0.4) is 0 Å². The van der Waals surface area contributed by atoms with Crippen LogP contribution in [0, 0.1) is 5.92 Å². The van der Waals surface area contributed by atoms with E-state index in [1.807, 2.05) is 4.90 Å². The number of urea groups is 1. The van der Waals surface area contributed by atoms with Crippen molar-refractivity contribution in [1.29, 1.82) is 0 Å². The molecule has 0 N–H and O–H groups in total. The van der Waals surface area contributed by atoms with E-state index in [0.717, 1.165) is 38.8 Å². The van der Waals surface area contributed by atoms with Crippen molar-refractivity contribution in [3.05, 3.63) is 54.5 Å². The molecule has 2 aliphatic carbocycles. The van der Waals surface area contributed by atoms with E-state index in [4.69, 9.17) is 0 Å². The second-order valence-electron chi connectivity index (χ2n) is 9.86. The van der Waals surface area contributed by atoms with Crippen LogP contribution in [0.2, 0.25) is 0 Å². The van der Waals surface area contributed by atoms with Gasteiger partial charge in [-0.05, 0) is 64.1 Å². The van der Waals surface area contributed by atoms with Crippen molar-refractivity contribution in [3.63, 3.8) is 0 Å². The van der Waals surface area contributed by atoms with E-state index in [2.05, 4.69) is 64.2 Å². The van der Waals surface area contributed by atoms with Crippen LogP contribution in [0.1, 0.15) is 50.5 Å². The summed E-state index contributed by atoms with van der Waals surface area (Å²) in [5.74, 6) is 1.33. The Kier molecular flexibility index (Phi) is 5.21. The first kappa shape index (κ1) is 20.4. The Labute approximate surface area is 185 Å². The molecule has 31 heavy (non-hydrogen) atoms. The maximum absolute atomic E-state index is 13.6. The fraction of sp³-hybridized carbons (Fsp3) is 0.560. The number of benzene rings is 1. The number of hydrogen-bond donors (Lipinski definition) is 0. The van der Waals surface area contributed by atoms with E-state index in [-0.39, 0.29) is 17.1 Å². The molecule has 2 amide bonds. The molecule has 2 aromatic rings. The molecule has 164 valence electrons. The molecule has 2 saturated carbocycles. The first-order valence-corrected chi connectivity index (χ1v) is 11.6. The summed E-state index contributed by atoms with van der Waals surface area (Å²) >= 11 is 0. The Balaban J connectivity index is 1.44. The molecule has 2 heterocycles. The summed E-state index contributed by atoms with van der Waals surface area (Å²) in [5, 5.41) is 0. The molecular weight excluding hydrogens is 386 g/mol. The normalized spacial score (nSPS) is 29.1. The minimum atomic E-state index is -0.113. The largest absolute Gasteiger partial charge is 0.326 e. The fourth-order valence-electron chi connectivity index (χ4n) is 5.91. The van der Waals surface area contributed by atoms with Gasteiger partial charge in [-0.1, -0.05) is 36.8 Å². The van der Waals surface area contributed by atoms with Crippen molar-refractivity contribution in [3.8, 4) is 0 Å². The summed E-state index contributed by atoms with van der Waals surface area (Å²) in [5.41, 5.74) is 1.30. The van der Waals surface area contributed by atoms with Crippen LogP contribution in [0.4, 0.5) is 10.6 Å². The van der Waals surface area contributed by atoms with Crippen LogP contribution >= 0.6 is 0 Å². The Morgan fingerprint density at radius 2 is 1.81 bits per heavy atom. The molecule has 1 saturated heterocycles. The predicted molar refractivity (Wildman–Crippen MR) is 122 cm³/mol. The summed E-state index contributed by atoms with van der Waals surface area (Å²) in [7, 11) is 4.39. The SMILES string of the molecule is CN(C)[C@]1(c2ccccc2)CC[C@]2(CC1)CN(c1cnccn1)C(=O)N2CC1CCC1. The van der Waals surface area contributed by atoms with E-state index in [1.165, 1.54) is 24.8 Å². The number of hydrogen-bond acceptors (Lipinski definition) is 4. The quantitative estimate of drug-likeness (QED) is 0.726. The van der Waals surface area contributed by atoms with Crippen molar-refractivity contribution in [2.24, 2.45) is 5.92 Å². The standard InChI is InChI=1S/C25H33N5O/c1-28(2)25(21-9-4-3-5-10-21)13-11-24(12-14-25)19-29(22-17-26-15-16-27-22)23(31)30(24)18-20-7-6-8-20/h3-5,9-10,15-17,20H,6-8,11-14,18-19H2,1-2H3/t24-,25+. The van der Waals surface area contributed by atoms with E-state index < -0.39 is 0 Å². The molecule has 1 aromatic carbocycles. The molecule has 1 aromatic heterocycles. The smallest absolute Gasteiger partial charge is 0.317 e. The lowest BCUT2D eigenvalue weighted by atomic mass is 9.68. The maximum Gasteiger partial charge on any atom is 0.326 e. The van der Waals surface area contributed by atoms with E-state index in [0.29, 0.717) is 11.7 Å². The predicted octanol–water partition coefficient (Wildman–Crippen LogP) is 4.29. The van der Waals surface area contributed by atoms with Gasteiger partial charge in [0.05, 0.1) is 18.3 Å². The van der Waals surface area contributed by atoms with Crippen LogP contribution in [-0.2, 0) is 5.54 Å². The van der Waals surface area contributed by atoms with Gasteiger partial charge in [0.1, 0.15) is 0 Å². The summed E-state index contributed by atoms with van der Waals surface area (Å²) in [6.45, 7) is 1.60. The van der Waals surface area contributed by atoms with Gasteiger partial charge in [-0.25, -0.2) is 9.78 Å². The van der Waals surface area contributed by atoms with Gasteiger partial charge in [0.2, 0.25) is 0 Å². The molecule has 1 spiro atoms.